The highest BCUT2D eigenvalue weighted by Gasteiger charge is 2.23. The van der Waals surface area contributed by atoms with E-state index in [1.807, 2.05) is 30.3 Å². The minimum absolute atomic E-state index is 0.0318. The lowest BCUT2D eigenvalue weighted by Crippen LogP contribution is -2.26. The highest BCUT2D eigenvalue weighted by molar-refractivity contribution is 5.96. The van der Waals surface area contributed by atoms with Crippen LogP contribution < -0.4 is 5.32 Å². The smallest absolute Gasteiger partial charge is 0.274 e. The minimum atomic E-state index is -0.164. The summed E-state index contributed by atoms with van der Waals surface area (Å²) in [6.45, 7) is 0.514. The highest BCUT2D eigenvalue weighted by Crippen LogP contribution is 2.25. The van der Waals surface area contributed by atoms with E-state index in [1.165, 1.54) is 6.42 Å². The van der Waals surface area contributed by atoms with Gasteiger partial charge in [-0.05, 0) is 18.4 Å². The van der Waals surface area contributed by atoms with Crippen molar-refractivity contribution in [2.24, 2.45) is 13.0 Å². The number of hydrogen-bond donors (Lipinski definition) is 1. The maximum Gasteiger partial charge on any atom is 0.274 e. The highest BCUT2D eigenvalue weighted by atomic mass is 16.2. The van der Waals surface area contributed by atoms with Gasteiger partial charge in [0.05, 0.1) is 0 Å². The van der Waals surface area contributed by atoms with Gasteiger partial charge in [0, 0.05) is 32.6 Å². The lowest BCUT2D eigenvalue weighted by molar-refractivity contribution is -0.120. The number of nitrogens with one attached hydrogen (secondary N) is 1. The Morgan fingerprint density at radius 2 is 1.88 bits per heavy atom. The molecule has 2 amide bonds. The number of aryl methyl sites for hydroxylation is 1. The van der Waals surface area contributed by atoms with Gasteiger partial charge in [-0.15, -0.1) is 0 Å². The van der Waals surface area contributed by atoms with E-state index in [1.54, 1.807) is 29.7 Å². The normalized spacial score (nSPS) is 14.8. The molecule has 26 heavy (non-hydrogen) atoms. The summed E-state index contributed by atoms with van der Waals surface area (Å²) in [5.41, 5.74) is 1.40. The summed E-state index contributed by atoms with van der Waals surface area (Å²) < 4.78 is 1.56. The van der Waals surface area contributed by atoms with Gasteiger partial charge in [-0.1, -0.05) is 49.6 Å². The molecule has 1 N–H and O–H groups in total. The summed E-state index contributed by atoms with van der Waals surface area (Å²) in [4.78, 5) is 26.7. The number of hydrogen-bond acceptors (Lipinski definition) is 3. The number of carbonyl (C=O) groups is 2. The number of nitrogens with zero attached hydrogens (tertiary/aromatic N) is 3. The first-order valence-electron chi connectivity index (χ1n) is 9.19. The van der Waals surface area contributed by atoms with Crippen molar-refractivity contribution >= 4 is 17.6 Å². The Morgan fingerprint density at radius 1 is 1.19 bits per heavy atom. The predicted octanol–water partition coefficient (Wildman–Crippen LogP) is 3.21. The van der Waals surface area contributed by atoms with Crippen LogP contribution in [0.4, 0.5) is 5.82 Å². The van der Waals surface area contributed by atoms with Crippen molar-refractivity contribution in [2.45, 2.75) is 38.6 Å². The average Bonchev–Trinajstić information content (AvgIpc) is 3.03. The molecule has 6 nitrogen and oxygen atoms in total. The lowest BCUT2D eigenvalue weighted by atomic mass is 9.89. The third-order valence-electron chi connectivity index (χ3n) is 4.94. The second-order valence-corrected chi connectivity index (χ2v) is 7.01. The van der Waals surface area contributed by atoms with E-state index in [2.05, 4.69) is 10.4 Å². The zero-order valence-electron chi connectivity index (χ0n) is 15.4. The lowest BCUT2D eigenvalue weighted by Gasteiger charge is -2.20. The summed E-state index contributed by atoms with van der Waals surface area (Å²) in [7, 11) is 3.49. The van der Waals surface area contributed by atoms with Crippen molar-refractivity contribution in [2.75, 3.05) is 12.4 Å². The molecule has 0 radical (unpaired) electrons. The molecule has 0 bridgehead atoms. The molecule has 2 aromatic rings. The molecule has 0 unspecified atom stereocenters. The van der Waals surface area contributed by atoms with Crippen molar-refractivity contribution < 1.29 is 9.59 Å². The minimum Gasteiger partial charge on any atom is -0.336 e. The van der Waals surface area contributed by atoms with Crippen LogP contribution in [0.5, 0.6) is 0 Å². The summed E-state index contributed by atoms with van der Waals surface area (Å²) in [6.07, 6.45) is 5.31. The second kappa shape index (κ2) is 8.17. The largest absolute Gasteiger partial charge is 0.336 e. The maximum absolute atomic E-state index is 12.6. The standard InChI is InChI=1S/C20H26N4O2/c1-23(14-15-9-5-3-6-10-15)20(26)17-13-18(24(2)22-17)21-19(25)16-11-7-4-8-12-16/h3,5-6,9-10,13,16H,4,7-8,11-12,14H2,1-2H3,(H,21,25). The molecular formula is C20H26N4O2. The van der Waals surface area contributed by atoms with Crippen LogP contribution in [0.1, 0.15) is 48.2 Å². The van der Waals surface area contributed by atoms with Gasteiger partial charge in [-0.3, -0.25) is 14.3 Å². The second-order valence-electron chi connectivity index (χ2n) is 7.01. The van der Waals surface area contributed by atoms with Crippen molar-refractivity contribution in [3.63, 3.8) is 0 Å². The molecule has 3 rings (SSSR count). The van der Waals surface area contributed by atoms with Crippen molar-refractivity contribution in [1.29, 1.82) is 0 Å². The van der Waals surface area contributed by atoms with Crippen LogP contribution in [-0.2, 0) is 18.4 Å². The van der Waals surface area contributed by atoms with E-state index >= 15 is 0 Å². The zero-order chi connectivity index (χ0) is 18.5. The van der Waals surface area contributed by atoms with Crippen molar-refractivity contribution in [3.05, 3.63) is 47.7 Å². The first kappa shape index (κ1) is 18.2. The molecule has 1 fully saturated rings. The van der Waals surface area contributed by atoms with Crippen LogP contribution in [0.25, 0.3) is 0 Å². The molecule has 1 saturated carbocycles. The molecule has 1 aliphatic rings. The first-order chi connectivity index (χ1) is 12.5. The molecular weight excluding hydrogens is 328 g/mol. The molecule has 1 heterocycles. The number of carbonyl (C=O) groups excluding carboxylic acids is 2. The van der Waals surface area contributed by atoms with Gasteiger partial charge in [0.2, 0.25) is 5.91 Å². The van der Waals surface area contributed by atoms with Crippen LogP contribution in [0.15, 0.2) is 36.4 Å². The van der Waals surface area contributed by atoms with E-state index in [0.717, 1.165) is 31.2 Å². The molecule has 138 valence electrons. The van der Waals surface area contributed by atoms with Crippen LogP contribution >= 0.6 is 0 Å². The quantitative estimate of drug-likeness (QED) is 0.896. The Kier molecular flexibility index (Phi) is 5.71. The molecule has 0 spiro atoms. The van der Waals surface area contributed by atoms with Gasteiger partial charge in [0.1, 0.15) is 5.82 Å². The average molecular weight is 354 g/mol. The fourth-order valence-electron chi connectivity index (χ4n) is 3.41. The zero-order valence-corrected chi connectivity index (χ0v) is 15.4. The summed E-state index contributed by atoms with van der Waals surface area (Å²) in [5, 5.41) is 7.22. The number of rotatable bonds is 5. The van der Waals surface area contributed by atoms with Crippen LogP contribution in [0, 0.1) is 5.92 Å². The first-order valence-corrected chi connectivity index (χ1v) is 9.19. The van der Waals surface area contributed by atoms with Crippen LogP contribution in [-0.4, -0.2) is 33.5 Å². The summed E-state index contributed by atoms with van der Waals surface area (Å²) >= 11 is 0. The topological polar surface area (TPSA) is 67.2 Å². The van der Waals surface area contributed by atoms with Crippen LogP contribution in [0.3, 0.4) is 0 Å². The third-order valence-corrected chi connectivity index (χ3v) is 4.94. The number of anilines is 1. The van der Waals surface area contributed by atoms with Gasteiger partial charge < -0.3 is 10.2 Å². The number of aromatic nitrogens is 2. The van der Waals surface area contributed by atoms with E-state index in [-0.39, 0.29) is 17.7 Å². The molecule has 0 aliphatic heterocycles. The molecule has 1 aliphatic carbocycles. The monoisotopic (exact) mass is 354 g/mol. The van der Waals surface area contributed by atoms with E-state index < -0.39 is 0 Å². The molecule has 0 saturated heterocycles. The molecule has 1 aromatic carbocycles. The predicted molar refractivity (Wildman–Crippen MR) is 101 cm³/mol. The van der Waals surface area contributed by atoms with Crippen molar-refractivity contribution in [3.8, 4) is 0 Å². The van der Waals surface area contributed by atoms with Gasteiger partial charge in [-0.25, -0.2) is 0 Å². The van der Waals surface area contributed by atoms with Crippen molar-refractivity contribution in [1.82, 2.24) is 14.7 Å². The molecule has 0 atom stereocenters. The Labute approximate surface area is 154 Å². The summed E-state index contributed by atoms with van der Waals surface area (Å²) in [5.74, 6) is 0.502. The van der Waals surface area contributed by atoms with E-state index in [4.69, 9.17) is 0 Å². The van der Waals surface area contributed by atoms with E-state index in [9.17, 15) is 9.59 Å². The third kappa shape index (κ3) is 4.31. The van der Waals surface area contributed by atoms with Gasteiger partial charge >= 0.3 is 0 Å². The fraction of sp³-hybridized carbons (Fsp3) is 0.450. The van der Waals surface area contributed by atoms with Gasteiger partial charge in [0.15, 0.2) is 5.69 Å². The Hall–Kier alpha value is -2.63. The van der Waals surface area contributed by atoms with E-state index in [0.29, 0.717) is 18.1 Å². The maximum atomic E-state index is 12.6. The Balaban J connectivity index is 1.64. The van der Waals surface area contributed by atoms with Crippen LogP contribution in [0.2, 0.25) is 0 Å². The fourth-order valence-corrected chi connectivity index (χ4v) is 3.41. The Morgan fingerprint density at radius 3 is 2.58 bits per heavy atom. The Bertz CT molecular complexity index is 763. The molecule has 6 heteroatoms. The summed E-state index contributed by atoms with van der Waals surface area (Å²) in [6, 6.07) is 11.5. The molecule has 1 aromatic heterocycles. The van der Waals surface area contributed by atoms with Gasteiger partial charge in [0.25, 0.3) is 5.91 Å². The SMILES string of the molecule is CN(Cc1ccccc1)C(=O)c1cc(NC(=O)C2CCCCC2)n(C)n1. The number of benzene rings is 1. The van der Waals surface area contributed by atoms with Gasteiger partial charge in [-0.2, -0.15) is 5.10 Å². The number of amides is 2.